The van der Waals surface area contributed by atoms with Crippen molar-refractivity contribution in [2.45, 2.75) is 19.1 Å². The van der Waals surface area contributed by atoms with Crippen molar-refractivity contribution in [3.05, 3.63) is 24.2 Å². The average molecular weight is 169 g/mol. The van der Waals surface area contributed by atoms with Gasteiger partial charge in [-0.15, -0.1) is 0 Å². The van der Waals surface area contributed by atoms with E-state index in [1.54, 1.807) is 19.1 Å². The standard InChI is InChI=1S/C8H11NO3/c1-6(9-5-10)8(11)7-3-2-4-12-7/h2-6,8,11H,1H3,(H,9,10)/t6-,8-/m0/s1. The molecule has 1 amide bonds. The quantitative estimate of drug-likeness (QED) is 0.643. The Kier molecular flexibility index (Phi) is 2.88. The van der Waals surface area contributed by atoms with Gasteiger partial charge in [0.05, 0.1) is 12.3 Å². The van der Waals surface area contributed by atoms with Gasteiger partial charge in [-0.2, -0.15) is 0 Å². The van der Waals surface area contributed by atoms with Gasteiger partial charge >= 0.3 is 0 Å². The number of aliphatic hydroxyl groups is 1. The van der Waals surface area contributed by atoms with E-state index in [0.717, 1.165) is 0 Å². The summed E-state index contributed by atoms with van der Waals surface area (Å²) in [5.74, 6) is 0.455. The largest absolute Gasteiger partial charge is 0.467 e. The van der Waals surface area contributed by atoms with Gasteiger partial charge in [-0.1, -0.05) is 0 Å². The van der Waals surface area contributed by atoms with Gasteiger partial charge in [-0.05, 0) is 19.1 Å². The number of hydrogen-bond donors (Lipinski definition) is 2. The lowest BCUT2D eigenvalue weighted by atomic mass is 10.1. The third-order valence-electron chi connectivity index (χ3n) is 1.64. The zero-order valence-electron chi connectivity index (χ0n) is 6.73. The fraction of sp³-hybridized carbons (Fsp3) is 0.375. The molecule has 0 aliphatic carbocycles. The first-order valence-corrected chi connectivity index (χ1v) is 3.67. The maximum absolute atomic E-state index is 10.0. The maximum Gasteiger partial charge on any atom is 0.207 e. The molecule has 0 aliphatic heterocycles. The smallest absolute Gasteiger partial charge is 0.207 e. The number of furan rings is 1. The van der Waals surface area contributed by atoms with Gasteiger partial charge in [0.1, 0.15) is 11.9 Å². The topological polar surface area (TPSA) is 62.5 Å². The zero-order valence-corrected chi connectivity index (χ0v) is 6.73. The van der Waals surface area contributed by atoms with Crippen molar-refractivity contribution in [1.82, 2.24) is 5.32 Å². The van der Waals surface area contributed by atoms with Crippen LogP contribution < -0.4 is 5.32 Å². The molecule has 0 unspecified atom stereocenters. The van der Waals surface area contributed by atoms with Gasteiger partial charge in [0.2, 0.25) is 6.41 Å². The van der Waals surface area contributed by atoms with E-state index >= 15 is 0 Å². The maximum atomic E-state index is 10.0. The molecular weight excluding hydrogens is 158 g/mol. The molecule has 1 aromatic heterocycles. The van der Waals surface area contributed by atoms with Crippen molar-refractivity contribution >= 4 is 6.41 Å². The Labute approximate surface area is 70.2 Å². The summed E-state index contributed by atoms with van der Waals surface area (Å²) < 4.78 is 4.96. The molecule has 12 heavy (non-hydrogen) atoms. The minimum absolute atomic E-state index is 0.339. The number of carbonyl (C=O) groups excluding carboxylic acids is 1. The van der Waals surface area contributed by atoms with Gasteiger partial charge < -0.3 is 14.8 Å². The highest BCUT2D eigenvalue weighted by Gasteiger charge is 2.17. The van der Waals surface area contributed by atoms with Gasteiger partial charge in [0.25, 0.3) is 0 Å². The van der Waals surface area contributed by atoms with Crippen LogP contribution in [-0.2, 0) is 4.79 Å². The first-order valence-electron chi connectivity index (χ1n) is 3.67. The van der Waals surface area contributed by atoms with Crippen LogP contribution in [0.2, 0.25) is 0 Å². The summed E-state index contributed by atoms with van der Waals surface area (Å²) >= 11 is 0. The molecule has 0 saturated carbocycles. The molecule has 1 rings (SSSR count). The number of hydrogen-bond acceptors (Lipinski definition) is 3. The van der Waals surface area contributed by atoms with E-state index in [2.05, 4.69) is 5.32 Å². The predicted octanol–water partition coefficient (Wildman–Crippen LogP) is 0.447. The lowest BCUT2D eigenvalue weighted by Crippen LogP contribution is -2.30. The van der Waals surface area contributed by atoms with Crippen LogP contribution in [0.1, 0.15) is 18.8 Å². The summed E-state index contributed by atoms with van der Waals surface area (Å²) in [5.41, 5.74) is 0. The molecule has 1 aromatic rings. The second-order valence-corrected chi connectivity index (χ2v) is 2.53. The first-order chi connectivity index (χ1) is 5.75. The summed E-state index contributed by atoms with van der Waals surface area (Å²) in [6, 6.07) is 3.01. The molecule has 0 saturated heterocycles. The van der Waals surface area contributed by atoms with E-state index in [9.17, 15) is 9.90 Å². The molecule has 0 radical (unpaired) electrons. The van der Waals surface area contributed by atoms with E-state index in [0.29, 0.717) is 12.2 Å². The van der Waals surface area contributed by atoms with Crippen molar-refractivity contribution in [3.8, 4) is 0 Å². The summed E-state index contributed by atoms with van der Waals surface area (Å²) in [6.07, 6.45) is 1.24. The number of rotatable bonds is 4. The predicted molar refractivity (Wildman–Crippen MR) is 42.3 cm³/mol. The summed E-state index contributed by atoms with van der Waals surface area (Å²) in [7, 11) is 0. The van der Waals surface area contributed by atoms with Crippen molar-refractivity contribution in [3.63, 3.8) is 0 Å². The Morgan fingerprint density at radius 1 is 1.75 bits per heavy atom. The molecule has 1 heterocycles. The molecule has 4 heteroatoms. The molecule has 4 nitrogen and oxygen atoms in total. The summed E-state index contributed by atoms with van der Waals surface area (Å²) in [4.78, 5) is 10.0. The van der Waals surface area contributed by atoms with Crippen LogP contribution in [0.15, 0.2) is 22.8 Å². The first kappa shape index (κ1) is 8.80. The third kappa shape index (κ3) is 1.85. The Bertz CT molecular complexity index is 232. The second kappa shape index (κ2) is 3.92. The third-order valence-corrected chi connectivity index (χ3v) is 1.64. The van der Waals surface area contributed by atoms with Crippen LogP contribution >= 0.6 is 0 Å². The molecule has 66 valence electrons. The van der Waals surface area contributed by atoms with E-state index in [1.807, 2.05) is 0 Å². The highest BCUT2D eigenvalue weighted by atomic mass is 16.4. The van der Waals surface area contributed by atoms with Crippen LogP contribution in [-0.4, -0.2) is 17.6 Å². The number of aliphatic hydroxyl groups excluding tert-OH is 1. The highest BCUT2D eigenvalue weighted by molar-refractivity contribution is 5.46. The van der Waals surface area contributed by atoms with Crippen molar-refractivity contribution < 1.29 is 14.3 Å². The highest BCUT2D eigenvalue weighted by Crippen LogP contribution is 2.16. The molecule has 0 bridgehead atoms. The van der Waals surface area contributed by atoms with Crippen LogP contribution in [0.5, 0.6) is 0 Å². The summed E-state index contributed by atoms with van der Waals surface area (Å²) in [5, 5.41) is 11.9. The Hall–Kier alpha value is -1.29. The van der Waals surface area contributed by atoms with Gasteiger partial charge in [-0.25, -0.2) is 0 Å². The number of amides is 1. The number of nitrogens with one attached hydrogen (secondary N) is 1. The molecule has 2 N–H and O–H groups in total. The monoisotopic (exact) mass is 169 g/mol. The van der Waals surface area contributed by atoms with E-state index in [-0.39, 0.29) is 6.04 Å². The molecule has 2 atom stereocenters. The van der Waals surface area contributed by atoms with Crippen molar-refractivity contribution in [1.29, 1.82) is 0 Å². The molecule has 0 fully saturated rings. The van der Waals surface area contributed by atoms with E-state index < -0.39 is 6.10 Å². The van der Waals surface area contributed by atoms with Crippen LogP contribution in [0.25, 0.3) is 0 Å². The minimum atomic E-state index is -0.787. The fourth-order valence-corrected chi connectivity index (χ4v) is 0.904. The van der Waals surface area contributed by atoms with Gasteiger partial charge in [0.15, 0.2) is 0 Å². The second-order valence-electron chi connectivity index (χ2n) is 2.53. The normalized spacial score (nSPS) is 15.2. The van der Waals surface area contributed by atoms with Crippen LogP contribution in [0, 0.1) is 0 Å². The number of carbonyl (C=O) groups is 1. The van der Waals surface area contributed by atoms with Gasteiger partial charge in [0, 0.05) is 0 Å². The lowest BCUT2D eigenvalue weighted by molar-refractivity contribution is -0.110. The summed E-state index contributed by atoms with van der Waals surface area (Å²) in [6.45, 7) is 1.70. The van der Waals surface area contributed by atoms with Crippen LogP contribution in [0.3, 0.4) is 0 Å². The SMILES string of the molecule is C[C@H](NC=O)[C@H](O)c1ccco1. The Balaban J connectivity index is 2.58. The Morgan fingerprint density at radius 2 is 2.50 bits per heavy atom. The molecule has 0 spiro atoms. The molecule has 0 aromatic carbocycles. The zero-order chi connectivity index (χ0) is 8.97. The van der Waals surface area contributed by atoms with Crippen molar-refractivity contribution in [2.75, 3.05) is 0 Å². The average Bonchev–Trinajstić information content (AvgIpc) is 2.55. The van der Waals surface area contributed by atoms with Crippen molar-refractivity contribution in [2.24, 2.45) is 0 Å². The Morgan fingerprint density at radius 3 is 3.00 bits per heavy atom. The van der Waals surface area contributed by atoms with E-state index in [1.165, 1.54) is 6.26 Å². The molecular formula is C8H11NO3. The van der Waals surface area contributed by atoms with Crippen LogP contribution in [0.4, 0.5) is 0 Å². The lowest BCUT2D eigenvalue weighted by Gasteiger charge is -2.15. The van der Waals surface area contributed by atoms with Gasteiger partial charge in [-0.3, -0.25) is 4.79 Å². The molecule has 0 aliphatic rings. The minimum Gasteiger partial charge on any atom is -0.467 e. The fourth-order valence-electron chi connectivity index (χ4n) is 0.904. The van der Waals surface area contributed by atoms with E-state index in [4.69, 9.17) is 4.42 Å².